The molecule has 15 heteroatoms. The van der Waals surface area contributed by atoms with Gasteiger partial charge >= 0.3 is 12.2 Å². The van der Waals surface area contributed by atoms with Crippen LogP contribution in [0.3, 0.4) is 0 Å². The average Bonchev–Trinajstić information content (AvgIpc) is 3.87. The minimum atomic E-state index is -2.51. The lowest BCUT2D eigenvalue weighted by molar-refractivity contribution is 0.0589. The first-order valence-electron chi connectivity index (χ1n) is 24.2. The molecule has 4 amide bonds. The Morgan fingerprint density at radius 2 is 1.30 bits per heavy atom. The molecule has 0 saturated heterocycles. The number of ether oxygens (including phenoxy) is 5. The lowest BCUT2D eigenvalue weighted by Crippen LogP contribution is -2.57. The summed E-state index contributed by atoms with van der Waals surface area (Å²) in [4.78, 5) is 63.3. The topological polar surface area (TPSA) is 137 Å². The minimum Gasteiger partial charge on any atom is -0.493 e. The van der Waals surface area contributed by atoms with Crippen LogP contribution in [-0.4, -0.2) is 93.4 Å². The van der Waals surface area contributed by atoms with Crippen molar-refractivity contribution >= 4 is 43.7 Å². The van der Waals surface area contributed by atoms with Gasteiger partial charge in [-0.15, -0.1) is 0 Å². The predicted molar refractivity (Wildman–Crippen MR) is 270 cm³/mol. The summed E-state index contributed by atoms with van der Waals surface area (Å²) in [6, 6.07) is 13.8. The highest BCUT2D eigenvalue weighted by atomic mass is 28.4. The molecule has 0 bridgehead atoms. The highest BCUT2D eigenvalue weighted by Crippen LogP contribution is 2.46. The van der Waals surface area contributed by atoms with Crippen LogP contribution in [0.2, 0.25) is 18.1 Å². The van der Waals surface area contributed by atoms with Gasteiger partial charge in [0, 0.05) is 24.5 Å². The van der Waals surface area contributed by atoms with Crippen molar-refractivity contribution in [2.24, 2.45) is 0 Å². The number of aryl methyl sites for hydroxylation is 2. The fraction of sp³-hybridized carbons (Fsp3) is 0.481. The number of rotatable bonds is 16. The molecule has 4 aliphatic rings. The molecule has 0 aliphatic carbocycles. The summed E-state index contributed by atoms with van der Waals surface area (Å²) >= 11 is 0. The number of anilines is 2. The molecule has 370 valence electrons. The lowest BCUT2D eigenvalue weighted by Gasteiger charge is -2.44. The van der Waals surface area contributed by atoms with Crippen molar-refractivity contribution in [1.29, 1.82) is 0 Å². The highest BCUT2D eigenvalue weighted by molar-refractivity contribution is 6.74. The minimum absolute atomic E-state index is 0.00696. The van der Waals surface area contributed by atoms with Crippen molar-refractivity contribution in [1.82, 2.24) is 9.80 Å². The summed E-state index contributed by atoms with van der Waals surface area (Å²) in [5.74, 6) is 0.885. The van der Waals surface area contributed by atoms with E-state index in [9.17, 15) is 19.2 Å². The largest absolute Gasteiger partial charge is 0.493 e. The van der Waals surface area contributed by atoms with Crippen LogP contribution in [0.5, 0.6) is 17.2 Å². The monoisotopic (exact) mass is 962 g/mol. The number of benzene rings is 3. The molecule has 14 nitrogen and oxygen atoms in total. The molecule has 4 heterocycles. The number of amides is 4. The highest BCUT2D eigenvalue weighted by Gasteiger charge is 2.51. The van der Waals surface area contributed by atoms with Gasteiger partial charge in [0.25, 0.3) is 11.8 Å². The van der Waals surface area contributed by atoms with E-state index < -0.39 is 38.8 Å². The van der Waals surface area contributed by atoms with E-state index in [1.807, 2.05) is 64.4 Å². The summed E-state index contributed by atoms with van der Waals surface area (Å²) in [5.41, 5.74) is 6.35. The number of unbranched alkanes of at least 4 members (excludes halogenated alkanes) is 2. The third-order valence-electron chi connectivity index (χ3n) is 14.1. The number of nitrogens with zero attached hydrogens (tertiary/aromatic N) is 4. The summed E-state index contributed by atoms with van der Waals surface area (Å²) in [6.07, 6.45) is 7.43. The third-order valence-corrected chi connectivity index (χ3v) is 18.5. The van der Waals surface area contributed by atoms with E-state index >= 15 is 0 Å². The van der Waals surface area contributed by atoms with E-state index in [1.54, 1.807) is 39.0 Å². The molecular weight excluding hydrogens is 893 g/mol. The van der Waals surface area contributed by atoms with Crippen LogP contribution in [0.4, 0.5) is 21.0 Å². The van der Waals surface area contributed by atoms with E-state index in [1.165, 1.54) is 23.6 Å². The molecule has 0 spiro atoms. The number of fused-ring (bicyclic) bond motifs is 4. The van der Waals surface area contributed by atoms with Crippen molar-refractivity contribution in [3.05, 3.63) is 113 Å². The molecule has 4 atom stereocenters. The van der Waals surface area contributed by atoms with Gasteiger partial charge in [-0.3, -0.25) is 14.5 Å². The van der Waals surface area contributed by atoms with Gasteiger partial charge in [0.2, 0.25) is 0 Å². The lowest BCUT2D eigenvalue weighted by atomic mass is 10.0. The number of methoxy groups -OCH3 is 1. The Labute approximate surface area is 408 Å². The molecule has 7 rings (SSSR count). The molecule has 3 aromatic rings. The summed E-state index contributed by atoms with van der Waals surface area (Å²) < 4.78 is 37.2. The van der Waals surface area contributed by atoms with Crippen molar-refractivity contribution in [2.75, 3.05) is 36.7 Å². The first-order chi connectivity index (χ1) is 32.8. The van der Waals surface area contributed by atoms with Crippen molar-refractivity contribution in [3.8, 4) is 17.2 Å². The van der Waals surface area contributed by atoms with E-state index in [4.69, 9.17) is 28.1 Å². The van der Waals surface area contributed by atoms with Crippen LogP contribution < -0.4 is 24.0 Å². The standard InChI is InChI=1S/C54H70N4O10Si/c1-13-22-66-53(62)58-44-29-46(36(5)27-40(44)49(59)56-32-35(4)26-45(56)51(58)68-69(11,12)54(7,8)9)64-23-16-15-17-24-65-48-30-43-41(28-47(48)63-10)50(60)55-31-34(3)25-42(55)37(6)57(43)52(61)67-33-39-20-18-38(14-2)19-21-39/h13,18-21,27-32,37,42,45,51H,1,14-17,22-26,33H2,2-12H3/t37-,42-,45-,51-/m0/s1. The second kappa shape index (κ2) is 20.9. The summed E-state index contributed by atoms with van der Waals surface area (Å²) in [6.45, 7) is 25.1. The van der Waals surface area contributed by atoms with Crippen LogP contribution in [0, 0.1) is 6.92 Å². The van der Waals surface area contributed by atoms with E-state index in [2.05, 4.69) is 47.4 Å². The number of hydrogen-bond acceptors (Lipinski definition) is 10. The molecule has 4 aliphatic heterocycles. The molecule has 0 aromatic heterocycles. The average molecular weight is 963 g/mol. The Hall–Kier alpha value is -6.06. The Morgan fingerprint density at radius 1 is 0.754 bits per heavy atom. The van der Waals surface area contributed by atoms with Gasteiger partial charge in [-0.1, -0.05) is 75.8 Å². The van der Waals surface area contributed by atoms with E-state index in [0.29, 0.717) is 78.6 Å². The molecular formula is C54H70N4O10Si. The van der Waals surface area contributed by atoms with Gasteiger partial charge in [0.15, 0.2) is 26.0 Å². The zero-order chi connectivity index (χ0) is 49.9. The number of carbonyl (C=O) groups excluding carboxylic acids is 4. The van der Waals surface area contributed by atoms with E-state index in [0.717, 1.165) is 35.1 Å². The van der Waals surface area contributed by atoms with Crippen LogP contribution in [0.25, 0.3) is 0 Å². The van der Waals surface area contributed by atoms with Crippen molar-refractivity contribution < 1.29 is 47.3 Å². The second-order valence-electron chi connectivity index (χ2n) is 20.2. The molecule has 69 heavy (non-hydrogen) atoms. The van der Waals surface area contributed by atoms with Gasteiger partial charge in [-0.2, -0.15) is 0 Å². The first-order valence-corrected chi connectivity index (χ1v) is 27.1. The summed E-state index contributed by atoms with van der Waals surface area (Å²) in [7, 11) is -0.981. The molecule has 0 saturated carbocycles. The maximum absolute atomic E-state index is 14.4. The van der Waals surface area contributed by atoms with Crippen LogP contribution in [-0.2, 0) is 26.9 Å². The van der Waals surface area contributed by atoms with Gasteiger partial charge in [0.05, 0.1) is 61.0 Å². The van der Waals surface area contributed by atoms with Crippen molar-refractivity contribution in [2.45, 2.75) is 143 Å². The fourth-order valence-corrected chi connectivity index (χ4v) is 10.4. The quantitative estimate of drug-likeness (QED) is 0.0775. The van der Waals surface area contributed by atoms with Gasteiger partial charge in [-0.05, 0) is 113 Å². The zero-order valence-electron chi connectivity index (χ0n) is 42.3. The maximum atomic E-state index is 14.4. The predicted octanol–water partition coefficient (Wildman–Crippen LogP) is 11.5. The molecule has 0 N–H and O–H groups in total. The summed E-state index contributed by atoms with van der Waals surface area (Å²) in [5, 5.41) is -0.180. The van der Waals surface area contributed by atoms with Crippen molar-refractivity contribution in [3.63, 3.8) is 0 Å². The Kier molecular flexibility index (Phi) is 15.4. The molecule has 0 radical (unpaired) electrons. The van der Waals surface area contributed by atoms with Crippen LogP contribution in [0.15, 0.2) is 84.7 Å². The van der Waals surface area contributed by atoms with Gasteiger partial charge in [0.1, 0.15) is 19.0 Å². The third kappa shape index (κ3) is 10.6. The fourth-order valence-electron chi connectivity index (χ4n) is 9.17. The van der Waals surface area contributed by atoms with E-state index in [-0.39, 0.29) is 36.1 Å². The molecule has 3 aromatic carbocycles. The maximum Gasteiger partial charge on any atom is 0.416 e. The molecule has 0 unspecified atom stereocenters. The van der Waals surface area contributed by atoms with Crippen LogP contribution >= 0.6 is 0 Å². The smallest absolute Gasteiger partial charge is 0.416 e. The molecule has 0 fully saturated rings. The van der Waals surface area contributed by atoms with Gasteiger partial charge < -0.3 is 37.9 Å². The van der Waals surface area contributed by atoms with Gasteiger partial charge in [-0.25, -0.2) is 14.5 Å². The number of carbonyl (C=O) groups is 4. The Morgan fingerprint density at radius 3 is 1.91 bits per heavy atom. The van der Waals surface area contributed by atoms with Crippen LogP contribution in [0.1, 0.15) is 118 Å². The number of hydrogen-bond donors (Lipinski definition) is 0. The Balaban J connectivity index is 1.05. The Bertz CT molecular complexity index is 2510. The zero-order valence-corrected chi connectivity index (χ0v) is 43.3. The SMILES string of the molecule is C=CCOC(=O)N1c2cc(OCCCCCOc3cc4c(cc3OC)C(=O)N3C=C(C)C[C@H]3[C@H](C)N4C(=O)OCc3ccc(CC)cc3)c(C)cc2C(=O)N2C=C(C)C[C@H]2[C@@H]1O[Si](C)(C)C(C)(C)C. The second-order valence-corrected chi connectivity index (χ2v) is 24.9. The first kappa shape index (κ1) is 50.8. The normalized spacial score (nSPS) is 19.9.